The number of aromatic nitrogens is 2. The minimum Gasteiger partial charge on any atom is -0.378 e. The van der Waals surface area contributed by atoms with Gasteiger partial charge in [-0.1, -0.05) is 0 Å². The molecule has 2 heterocycles. The van der Waals surface area contributed by atoms with Crippen LogP contribution in [0.25, 0.3) is 0 Å². The number of benzene rings is 1. The molecule has 25 heavy (non-hydrogen) atoms. The molecule has 0 N–H and O–H groups in total. The molecular weight excluding hydrogens is 328 g/mol. The highest BCUT2D eigenvalue weighted by atomic mass is 19.1. The first-order valence-corrected chi connectivity index (χ1v) is 8.28. The van der Waals surface area contributed by atoms with Gasteiger partial charge in [0.15, 0.2) is 5.78 Å². The van der Waals surface area contributed by atoms with E-state index in [0.29, 0.717) is 55.5 Å². The minimum atomic E-state index is -0.634. The zero-order chi connectivity index (χ0) is 17.4. The van der Waals surface area contributed by atoms with Crippen molar-refractivity contribution in [3.63, 3.8) is 0 Å². The van der Waals surface area contributed by atoms with Crippen molar-refractivity contribution in [1.82, 2.24) is 9.97 Å². The molecule has 1 aromatic heterocycles. The highest BCUT2D eigenvalue weighted by molar-refractivity contribution is 5.98. The number of morpholine rings is 1. The number of fused-ring (bicyclic) bond motifs is 1. The summed E-state index contributed by atoms with van der Waals surface area (Å²) in [5, 5.41) is 0. The van der Waals surface area contributed by atoms with Crippen molar-refractivity contribution < 1.29 is 18.3 Å². The molecule has 1 unspecified atom stereocenters. The number of ether oxygens (including phenoxy) is 1. The van der Waals surface area contributed by atoms with Gasteiger partial charge in [-0.2, -0.15) is 0 Å². The van der Waals surface area contributed by atoms with Gasteiger partial charge in [0, 0.05) is 31.8 Å². The summed E-state index contributed by atoms with van der Waals surface area (Å²) in [6.45, 7) is 2.63. The zero-order valence-electron chi connectivity index (χ0n) is 13.5. The normalized spacial score (nSPS) is 20.5. The van der Waals surface area contributed by atoms with E-state index in [1.54, 1.807) is 6.20 Å². The first kappa shape index (κ1) is 16.1. The Morgan fingerprint density at radius 2 is 1.80 bits per heavy atom. The molecule has 7 heteroatoms. The van der Waals surface area contributed by atoms with Crippen LogP contribution in [0.2, 0.25) is 0 Å². The van der Waals surface area contributed by atoms with Crippen LogP contribution in [0.3, 0.4) is 0 Å². The Balaban J connectivity index is 1.65. The molecule has 1 aromatic carbocycles. The Labute approximate surface area is 143 Å². The number of hydrogen-bond donors (Lipinski definition) is 0. The number of carbonyl (C=O) groups excluding carboxylic acids is 1. The highest BCUT2D eigenvalue weighted by Gasteiger charge is 2.29. The van der Waals surface area contributed by atoms with E-state index >= 15 is 0 Å². The third kappa shape index (κ3) is 3.24. The lowest BCUT2D eigenvalue weighted by molar-refractivity contribution is 0.0962. The molecule has 130 valence electrons. The summed E-state index contributed by atoms with van der Waals surface area (Å²) < 4.78 is 32.4. The van der Waals surface area contributed by atoms with Crippen LogP contribution in [-0.2, 0) is 11.2 Å². The van der Waals surface area contributed by atoms with Crippen LogP contribution in [0.5, 0.6) is 0 Å². The maximum atomic E-state index is 13.5. The van der Waals surface area contributed by atoms with Crippen LogP contribution >= 0.6 is 0 Å². The number of rotatable bonds is 2. The monoisotopic (exact) mass is 345 g/mol. The lowest BCUT2D eigenvalue weighted by atomic mass is 9.82. The van der Waals surface area contributed by atoms with Gasteiger partial charge < -0.3 is 9.64 Å². The van der Waals surface area contributed by atoms with Gasteiger partial charge >= 0.3 is 0 Å². The van der Waals surface area contributed by atoms with Crippen molar-refractivity contribution in [2.45, 2.75) is 18.8 Å². The van der Waals surface area contributed by atoms with Gasteiger partial charge in [-0.25, -0.2) is 18.7 Å². The Kier molecular flexibility index (Phi) is 4.17. The van der Waals surface area contributed by atoms with Gasteiger partial charge in [0.05, 0.1) is 24.5 Å². The average Bonchev–Trinajstić information content (AvgIpc) is 2.61. The van der Waals surface area contributed by atoms with E-state index in [1.807, 2.05) is 4.90 Å². The SMILES string of the molecule is O=C1CC(c2cc(F)cc(F)c2)Cc2nc(N3CCOCC3)ncc21. The first-order valence-electron chi connectivity index (χ1n) is 8.28. The van der Waals surface area contributed by atoms with Gasteiger partial charge in [0.1, 0.15) is 11.6 Å². The second-order valence-corrected chi connectivity index (χ2v) is 6.36. The van der Waals surface area contributed by atoms with Crippen molar-refractivity contribution >= 4 is 11.7 Å². The number of nitrogens with zero attached hydrogens (tertiary/aromatic N) is 3. The van der Waals surface area contributed by atoms with E-state index in [4.69, 9.17) is 4.74 Å². The lowest BCUT2D eigenvalue weighted by Crippen LogP contribution is -2.37. The molecule has 0 amide bonds. The molecule has 0 bridgehead atoms. The maximum Gasteiger partial charge on any atom is 0.225 e. The lowest BCUT2D eigenvalue weighted by Gasteiger charge is -2.28. The molecule has 4 rings (SSSR count). The highest BCUT2D eigenvalue weighted by Crippen LogP contribution is 2.33. The van der Waals surface area contributed by atoms with E-state index in [2.05, 4.69) is 9.97 Å². The molecule has 0 radical (unpaired) electrons. The molecule has 2 aliphatic rings. The van der Waals surface area contributed by atoms with E-state index < -0.39 is 11.6 Å². The van der Waals surface area contributed by atoms with Gasteiger partial charge in [-0.05, 0) is 30.0 Å². The number of hydrogen-bond acceptors (Lipinski definition) is 5. The number of carbonyl (C=O) groups is 1. The van der Waals surface area contributed by atoms with Crippen LogP contribution in [-0.4, -0.2) is 42.1 Å². The fourth-order valence-corrected chi connectivity index (χ4v) is 3.40. The molecule has 1 atom stereocenters. The van der Waals surface area contributed by atoms with Crippen LogP contribution in [0.15, 0.2) is 24.4 Å². The molecule has 2 aromatic rings. The summed E-state index contributed by atoms with van der Waals surface area (Å²) in [6.07, 6.45) is 2.23. The number of ketones is 1. The predicted octanol–water partition coefficient (Wildman–Crippen LogP) is 2.50. The summed E-state index contributed by atoms with van der Waals surface area (Å²) in [6, 6.07) is 3.41. The smallest absolute Gasteiger partial charge is 0.225 e. The zero-order valence-corrected chi connectivity index (χ0v) is 13.5. The fraction of sp³-hybridized carbons (Fsp3) is 0.389. The van der Waals surface area contributed by atoms with Crippen LogP contribution in [0, 0.1) is 11.6 Å². The van der Waals surface area contributed by atoms with Crippen molar-refractivity contribution in [2.24, 2.45) is 0 Å². The van der Waals surface area contributed by atoms with E-state index in [1.165, 1.54) is 12.1 Å². The van der Waals surface area contributed by atoms with Crippen LogP contribution in [0.1, 0.15) is 34.0 Å². The largest absolute Gasteiger partial charge is 0.378 e. The number of anilines is 1. The first-order chi connectivity index (χ1) is 12.1. The Morgan fingerprint density at radius 1 is 1.08 bits per heavy atom. The summed E-state index contributed by atoms with van der Waals surface area (Å²) in [4.78, 5) is 23.3. The van der Waals surface area contributed by atoms with Gasteiger partial charge in [0.25, 0.3) is 0 Å². The second kappa shape index (κ2) is 6.48. The maximum absolute atomic E-state index is 13.5. The third-order valence-corrected chi connectivity index (χ3v) is 4.68. The van der Waals surface area contributed by atoms with Gasteiger partial charge in [0.2, 0.25) is 5.95 Å². The van der Waals surface area contributed by atoms with Gasteiger partial charge in [-0.15, -0.1) is 0 Å². The molecule has 0 spiro atoms. The minimum absolute atomic E-state index is 0.0931. The summed E-state index contributed by atoms with van der Waals surface area (Å²) >= 11 is 0. The second-order valence-electron chi connectivity index (χ2n) is 6.36. The molecule has 1 saturated heterocycles. The Hall–Kier alpha value is -2.41. The van der Waals surface area contributed by atoms with Crippen molar-refractivity contribution in [1.29, 1.82) is 0 Å². The fourth-order valence-electron chi connectivity index (χ4n) is 3.40. The van der Waals surface area contributed by atoms with Crippen molar-refractivity contribution in [2.75, 3.05) is 31.2 Å². The molecule has 0 saturated carbocycles. The molecular formula is C18H17F2N3O2. The van der Waals surface area contributed by atoms with Crippen LogP contribution < -0.4 is 4.90 Å². The summed E-state index contributed by atoms with van der Waals surface area (Å²) in [5.74, 6) is -1.07. The number of Topliss-reactive ketones (excluding diaryl/α,β-unsaturated/α-hetero) is 1. The van der Waals surface area contributed by atoms with Crippen molar-refractivity contribution in [3.05, 3.63) is 52.9 Å². The van der Waals surface area contributed by atoms with Crippen LogP contribution in [0.4, 0.5) is 14.7 Å². The van der Waals surface area contributed by atoms with Crippen molar-refractivity contribution in [3.8, 4) is 0 Å². The summed E-state index contributed by atoms with van der Waals surface area (Å²) in [7, 11) is 0. The van der Waals surface area contributed by atoms with Gasteiger partial charge in [-0.3, -0.25) is 4.79 Å². The summed E-state index contributed by atoms with van der Waals surface area (Å²) in [5.41, 5.74) is 1.63. The standard InChI is InChI=1S/C18H17F2N3O2/c19-13-5-11(6-14(20)9-13)12-7-16-15(17(24)8-12)10-21-18(22-16)23-1-3-25-4-2-23/h5-6,9-10,12H,1-4,7-8H2. The molecule has 1 fully saturated rings. The van der Waals surface area contributed by atoms with E-state index in [0.717, 1.165) is 6.07 Å². The topological polar surface area (TPSA) is 55.3 Å². The Morgan fingerprint density at radius 3 is 2.52 bits per heavy atom. The third-order valence-electron chi connectivity index (χ3n) is 4.68. The predicted molar refractivity (Wildman–Crippen MR) is 86.8 cm³/mol. The molecule has 5 nitrogen and oxygen atoms in total. The van der Waals surface area contributed by atoms with E-state index in [-0.39, 0.29) is 18.1 Å². The number of halogens is 2. The Bertz CT molecular complexity index is 802. The quantitative estimate of drug-likeness (QED) is 0.837. The molecule has 1 aliphatic heterocycles. The average molecular weight is 345 g/mol. The molecule has 1 aliphatic carbocycles. The van der Waals surface area contributed by atoms with E-state index in [9.17, 15) is 13.6 Å².